The number of rotatable bonds is 3. The standard InChI is InChI=1S/C18H36N2/c1-5-15-7-6-10-18(14-19,11-8-15)20-12-9-16(13-20)17(2,3)4/h15-16H,5-14,19H2,1-4H3. The van der Waals surface area contributed by atoms with E-state index in [4.69, 9.17) is 5.73 Å². The van der Waals surface area contributed by atoms with Gasteiger partial charge in [0.15, 0.2) is 0 Å². The lowest BCUT2D eigenvalue weighted by molar-refractivity contribution is 0.0901. The second-order valence-corrected chi connectivity index (χ2v) is 8.43. The van der Waals surface area contributed by atoms with Gasteiger partial charge in [0.05, 0.1) is 0 Å². The van der Waals surface area contributed by atoms with Gasteiger partial charge in [-0.3, -0.25) is 4.90 Å². The zero-order valence-electron chi connectivity index (χ0n) is 14.3. The summed E-state index contributed by atoms with van der Waals surface area (Å²) in [5, 5.41) is 0. The summed E-state index contributed by atoms with van der Waals surface area (Å²) < 4.78 is 0. The van der Waals surface area contributed by atoms with Crippen LogP contribution in [0.4, 0.5) is 0 Å². The third-order valence-electron chi connectivity index (χ3n) is 6.31. The molecule has 2 nitrogen and oxygen atoms in total. The Morgan fingerprint density at radius 3 is 2.45 bits per heavy atom. The van der Waals surface area contributed by atoms with Crippen molar-refractivity contribution in [1.82, 2.24) is 4.90 Å². The first-order chi connectivity index (χ1) is 9.41. The van der Waals surface area contributed by atoms with Gasteiger partial charge in [-0.05, 0) is 49.5 Å². The van der Waals surface area contributed by atoms with Gasteiger partial charge in [-0.15, -0.1) is 0 Å². The predicted octanol–water partition coefficient (Wildman–Crippen LogP) is 4.04. The van der Waals surface area contributed by atoms with Crippen molar-refractivity contribution in [2.75, 3.05) is 19.6 Å². The van der Waals surface area contributed by atoms with E-state index in [9.17, 15) is 0 Å². The fourth-order valence-corrected chi connectivity index (χ4v) is 4.42. The minimum Gasteiger partial charge on any atom is -0.329 e. The average molecular weight is 281 g/mol. The highest BCUT2D eigenvalue weighted by Gasteiger charge is 2.42. The fourth-order valence-electron chi connectivity index (χ4n) is 4.42. The van der Waals surface area contributed by atoms with E-state index >= 15 is 0 Å². The first-order valence-corrected chi connectivity index (χ1v) is 8.86. The van der Waals surface area contributed by atoms with E-state index in [1.807, 2.05) is 0 Å². The van der Waals surface area contributed by atoms with E-state index in [1.54, 1.807) is 0 Å². The minimum atomic E-state index is 0.323. The van der Waals surface area contributed by atoms with Crippen molar-refractivity contribution in [3.63, 3.8) is 0 Å². The van der Waals surface area contributed by atoms with Gasteiger partial charge < -0.3 is 5.73 Å². The molecule has 0 spiro atoms. The van der Waals surface area contributed by atoms with Crippen molar-refractivity contribution in [1.29, 1.82) is 0 Å². The van der Waals surface area contributed by atoms with Crippen LogP contribution in [0.5, 0.6) is 0 Å². The second-order valence-electron chi connectivity index (χ2n) is 8.43. The Hall–Kier alpha value is -0.0800. The van der Waals surface area contributed by atoms with E-state index < -0.39 is 0 Å². The highest BCUT2D eigenvalue weighted by Crippen LogP contribution is 2.41. The molecule has 2 N–H and O–H groups in total. The molecule has 2 rings (SSSR count). The molecular formula is C18H36N2. The molecular weight excluding hydrogens is 244 g/mol. The zero-order valence-corrected chi connectivity index (χ0v) is 14.3. The van der Waals surface area contributed by atoms with Crippen LogP contribution < -0.4 is 5.73 Å². The van der Waals surface area contributed by atoms with Crippen molar-refractivity contribution in [2.45, 2.75) is 78.2 Å². The normalized spacial score (nSPS) is 37.0. The quantitative estimate of drug-likeness (QED) is 0.791. The molecule has 1 aliphatic carbocycles. The van der Waals surface area contributed by atoms with Crippen LogP contribution in [0.15, 0.2) is 0 Å². The van der Waals surface area contributed by atoms with E-state index in [2.05, 4.69) is 32.6 Å². The third kappa shape index (κ3) is 3.39. The summed E-state index contributed by atoms with van der Waals surface area (Å²) in [6.07, 6.45) is 9.58. The largest absolute Gasteiger partial charge is 0.329 e. The molecule has 118 valence electrons. The molecule has 1 heterocycles. The summed E-state index contributed by atoms with van der Waals surface area (Å²) in [4.78, 5) is 2.78. The Kier molecular flexibility index (Phi) is 5.18. The minimum absolute atomic E-state index is 0.323. The van der Waals surface area contributed by atoms with Crippen molar-refractivity contribution in [3.8, 4) is 0 Å². The van der Waals surface area contributed by atoms with E-state index in [0.29, 0.717) is 11.0 Å². The number of hydrogen-bond donors (Lipinski definition) is 1. The lowest BCUT2D eigenvalue weighted by atomic mass is 9.80. The van der Waals surface area contributed by atoms with Crippen LogP contribution in [-0.2, 0) is 0 Å². The average Bonchev–Trinajstić information content (AvgIpc) is 2.81. The van der Waals surface area contributed by atoms with E-state index in [0.717, 1.165) is 18.4 Å². The van der Waals surface area contributed by atoms with Gasteiger partial charge in [0.25, 0.3) is 0 Å². The van der Waals surface area contributed by atoms with Gasteiger partial charge in [-0.2, -0.15) is 0 Å². The van der Waals surface area contributed by atoms with Crippen LogP contribution in [0.3, 0.4) is 0 Å². The molecule has 2 aliphatic rings. The number of hydrogen-bond acceptors (Lipinski definition) is 2. The molecule has 0 bridgehead atoms. The second kappa shape index (κ2) is 6.36. The molecule has 0 aromatic carbocycles. The molecule has 0 aromatic heterocycles. The summed E-state index contributed by atoms with van der Waals surface area (Å²) in [6, 6.07) is 0. The van der Waals surface area contributed by atoms with Crippen LogP contribution in [0.25, 0.3) is 0 Å². The molecule has 0 radical (unpaired) electrons. The Balaban J connectivity index is 2.04. The van der Waals surface area contributed by atoms with Gasteiger partial charge >= 0.3 is 0 Å². The van der Waals surface area contributed by atoms with Crippen LogP contribution in [0, 0.1) is 17.3 Å². The molecule has 20 heavy (non-hydrogen) atoms. The van der Waals surface area contributed by atoms with E-state index in [-0.39, 0.29) is 0 Å². The van der Waals surface area contributed by atoms with Gasteiger partial charge in [-0.1, -0.05) is 47.0 Å². The summed E-state index contributed by atoms with van der Waals surface area (Å²) in [5.41, 5.74) is 7.06. The summed E-state index contributed by atoms with van der Waals surface area (Å²) >= 11 is 0. The molecule has 1 aliphatic heterocycles. The van der Waals surface area contributed by atoms with Crippen LogP contribution in [0.1, 0.15) is 72.6 Å². The smallest absolute Gasteiger partial charge is 0.0331 e. The molecule has 2 fully saturated rings. The highest BCUT2D eigenvalue weighted by atomic mass is 15.2. The number of likely N-dealkylation sites (tertiary alicyclic amines) is 1. The molecule has 3 unspecified atom stereocenters. The number of nitrogens with zero attached hydrogens (tertiary/aromatic N) is 1. The Morgan fingerprint density at radius 2 is 1.90 bits per heavy atom. The highest BCUT2D eigenvalue weighted by molar-refractivity contribution is 4.98. The molecule has 3 atom stereocenters. The molecule has 0 aromatic rings. The van der Waals surface area contributed by atoms with Crippen LogP contribution >= 0.6 is 0 Å². The first kappa shape index (κ1) is 16.3. The maximum Gasteiger partial charge on any atom is 0.0331 e. The third-order valence-corrected chi connectivity index (χ3v) is 6.31. The molecule has 2 heteroatoms. The molecule has 0 amide bonds. The lowest BCUT2D eigenvalue weighted by Crippen LogP contribution is -2.53. The monoisotopic (exact) mass is 280 g/mol. The Labute approximate surface area is 126 Å². The summed E-state index contributed by atoms with van der Waals surface area (Å²) in [7, 11) is 0. The van der Waals surface area contributed by atoms with Crippen LogP contribution in [-0.4, -0.2) is 30.1 Å². The molecule has 1 saturated carbocycles. The Bertz CT molecular complexity index is 307. The number of nitrogens with two attached hydrogens (primary N) is 1. The van der Waals surface area contributed by atoms with Crippen molar-refractivity contribution >= 4 is 0 Å². The predicted molar refractivity (Wildman–Crippen MR) is 87.8 cm³/mol. The lowest BCUT2D eigenvalue weighted by Gasteiger charge is -2.42. The van der Waals surface area contributed by atoms with E-state index in [1.165, 1.54) is 58.0 Å². The fraction of sp³-hybridized carbons (Fsp3) is 1.00. The van der Waals surface area contributed by atoms with Crippen LogP contribution in [0.2, 0.25) is 0 Å². The van der Waals surface area contributed by atoms with Gasteiger partial charge in [0.2, 0.25) is 0 Å². The maximum absolute atomic E-state index is 6.29. The SMILES string of the molecule is CCC1CCCC(CN)(N2CCC(C(C)(C)C)C2)CC1. The zero-order chi connectivity index (χ0) is 14.8. The van der Waals surface area contributed by atoms with Crippen molar-refractivity contribution in [2.24, 2.45) is 23.0 Å². The van der Waals surface area contributed by atoms with Gasteiger partial charge in [0, 0.05) is 18.6 Å². The van der Waals surface area contributed by atoms with Crippen molar-refractivity contribution < 1.29 is 0 Å². The summed E-state index contributed by atoms with van der Waals surface area (Å²) in [5.74, 6) is 1.79. The summed E-state index contributed by atoms with van der Waals surface area (Å²) in [6.45, 7) is 13.0. The van der Waals surface area contributed by atoms with Gasteiger partial charge in [0.1, 0.15) is 0 Å². The first-order valence-electron chi connectivity index (χ1n) is 8.86. The molecule has 1 saturated heterocycles. The Morgan fingerprint density at radius 1 is 1.15 bits per heavy atom. The maximum atomic E-state index is 6.29. The van der Waals surface area contributed by atoms with Crippen molar-refractivity contribution in [3.05, 3.63) is 0 Å². The topological polar surface area (TPSA) is 29.3 Å². The van der Waals surface area contributed by atoms with Gasteiger partial charge in [-0.25, -0.2) is 0 Å².